The lowest BCUT2D eigenvalue weighted by atomic mass is 10.1. The van der Waals surface area contributed by atoms with Gasteiger partial charge >= 0.3 is 18.3 Å². The zero-order chi connectivity index (χ0) is 28.0. The second kappa shape index (κ2) is 10.1. The molecule has 202 valence electrons. The lowest BCUT2D eigenvalue weighted by Crippen LogP contribution is -2.31. The number of benzene rings is 2. The summed E-state index contributed by atoms with van der Waals surface area (Å²) in [6, 6.07) is 8.06. The molecule has 1 aliphatic rings. The second-order valence-corrected chi connectivity index (χ2v) is 9.90. The Kier molecular flexibility index (Phi) is 7.38. The van der Waals surface area contributed by atoms with Crippen molar-refractivity contribution in [3.8, 4) is 0 Å². The van der Waals surface area contributed by atoms with E-state index in [0.717, 1.165) is 16.8 Å². The minimum atomic E-state index is -4.96. The first-order valence-corrected chi connectivity index (χ1v) is 12.2. The van der Waals surface area contributed by atoms with Gasteiger partial charge in [-0.15, -0.1) is 0 Å². The number of rotatable bonds is 6. The summed E-state index contributed by atoms with van der Waals surface area (Å²) in [5.41, 5.74) is -2.35. The van der Waals surface area contributed by atoms with Crippen LogP contribution in [0.15, 0.2) is 42.5 Å². The van der Waals surface area contributed by atoms with E-state index in [-0.39, 0.29) is 36.6 Å². The van der Waals surface area contributed by atoms with Crippen molar-refractivity contribution in [3.05, 3.63) is 79.5 Å². The highest BCUT2D eigenvalue weighted by molar-refractivity contribution is 14.1. The molecular weight excluding hydrogens is 633 g/mol. The summed E-state index contributed by atoms with van der Waals surface area (Å²) in [5.74, 6) is -2.37. The normalized spacial score (nSPS) is 14.4. The third-order valence-electron chi connectivity index (χ3n) is 5.97. The number of aromatic nitrogens is 2. The summed E-state index contributed by atoms with van der Waals surface area (Å²) >= 11 is 1.73. The Balaban J connectivity index is 1.67. The van der Waals surface area contributed by atoms with Crippen LogP contribution in [0.3, 0.4) is 0 Å². The van der Waals surface area contributed by atoms with Crippen LogP contribution in [0.5, 0.6) is 0 Å². The highest BCUT2D eigenvalue weighted by Crippen LogP contribution is 2.39. The molecule has 0 radical (unpaired) electrons. The Morgan fingerprint density at radius 2 is 1.71 bits per heavy atom. The lowest BCUT2D eigenvalue weighted by molar-refractivity contribution is -0.142. The van der Waals surface area contributed by atoms with Gasteiger partial charge in [-0.3, -0.25) is 4.79 Å². The zero-order valence-electron chi connectivity index (χ0n) is 19.5. The van der Waals surface area contributed by atoms with Crippen LogP contribution in [0.25, 0.3) is 0 Å². The van der Waals surface area contributed by atoms with Crippen LogP contribution in [0.4, 0.5) is 32.2 Å². The van der Waals surface area contributed by atoms with Crippen molar-refractivity contribution in [1.29, 1.82) is 0 Å². The van der Waals surface area contributed by atoms with Crippen molar-refractivity contribution in [2.24, 2.45) is 0 Å². The van der Waals surface area contributed by atoms with Gasteiger partial charge in [0.05, 0.1) is 23.7 Å². The molecule has 2 aromatic carbocycles. The highest BCUT2D eigenvalue weighted by atomic mass is 127. The van der Waals surface area contributed by atoms with Crippen molar-refractivity contribution in [2.75, 3.05) is 11.4 Å². The molecule has 0 saturated heterocycles. The fraction of sp³-hybridized carbons (Fsp3) is 0.292. The zero-order valence-corrected chi connectivity index (χ0v) is 21.6. The van der Waals surface area contributed by atoms with Crippen molar-refractivity contribution in [1.82, 2.24) is 15.1 Å². The van der Waals surface area contributed by atoms with E-state index in [1.54, 1.807) is 22.6 Å². The molecule has 0 unspecified atom stereocenters. The predicted octanol–water partition coefficient (Wildman–Crippen LogP) is 5.73. The summed E-state index contributed by atoms with van der Waals surface area (Å²) in [7, 11) is 0. The molecule has 1 amide bonds. The van der Waals surface area contributed by atoms with Crippen LogP contribution in [-0.4, -0.2) is 33.3 Å². The standard InChI is InChI=1S/C24H19F6IN4O3/c1-12(14-2-4-15(5-3-14)22(37)38)32-20(36)18-19(24(28,29)30)33-35-7-6-34(21(18)35)11-13-8-16(23(25,26)27)10-17(31)9-13/h2-5,8-10,12H,6-7,11H2,1H3,(H,32,36)(H,37,38)/t12-/m0/s1. The van der Waals surface area contributed by atoms with Crippen molar-refractivity contribution in [3.63, 3.8) is 0 Å². The first-order valence-electron chi connectivity index (χ1n) is 11.1. The molecule has 0 aliphatic carbocycles. The molecule has 3 aromatic rings. The van der Waals surface area contributed by atoms with E-state index in [1.807, 2.05) is 0 Å². The quantitative estimate of drug-likeness (QED) is 0.263. The molecular formula is C24H19F6IN4O3. The number of carboxylic acid groups (broad SMARTS) is 1. The minimum Gasteiger partial charge on any atom is -0.478 e. The van der Waals surface area contributed by atoms with E-state index in [2.05, 4.69) is 10.4 Å². The molecule has 0 fully saturated rings. The maximum absolute atomic E-state index is 13.9. The number of amides is 1. The van der Waals surface area contributed by atoms with Gasteiger partial charge in [0.2, 0.25) is 0 Å². The summed E-state index contributed by atoms with van der Waals surface area (Å²) in [5, 5.41) is 15.1. The molecule has 14 heteroatoms. The molecule has 2 N–H and O–H groups in total. The number of nitrogens with zero attached hydrogens (tertiary/aromatic N) is 3. The van der Waals surface area contributed by atoms with Crippen molar-refractivity contribution >= 4 is 40.3 Å². The van der Waals surface area contributed by atoms with E-state index in [1.165, 1.54) is 42.2 Å². The summed E-state index contributed by atoms with van der Waals surface area (Å²) in [6.07, 6.45) is -9.57. The van der Waals surface area contributed by atoms with Gasteiger partial charge in [0.1, 0.15) is 11.4 Å². The Morgan fingerprint density at radius 3 is 2.29 bits per heavy atom. The molecule has 4 rings (SSSR count). The minimum absolute atomic E-state index is 0.000911. The first kappa shape index (κ1) is 27.7. The number of nitrogens with one attached hydrogen (secondary N) is 1. The molecule has 1 aromatic heterocycles. The maximum atomic E-state index is 13.9. The third-order valence-corrected chi connectivity index (χ3v) is 6.59. The fourth-order valence-corrected chi connectivity index (χ4v) is 4.94. The summed E-state index contributed by atoms with van der Waals surface area (Å²) in [4.78, 5) is 25.6. The number of alkyl halides is 6. The number of hydrogen-bond acceptors (Lipinski definition) is 4. The predicted molar refractivity (Wildman–Crippen MR) is 132 cm³/mol. The van der Waals surface area contributed by atoms with Gasteiger partial charge < -0.3 is 15.3 Å². The number of halogens is 7. The van der Waals surface area contributed by atoms with Gasteiger partial charge in [-0.05, 0) is 71.0 Å². The Labute approximate surface area is 225 Å². The van der Waals surface area contributed by atoms with Crippen LogP contribution in [-0.2, 0) is 25.4 Å². The lowest BCUT2D eigenvalue weighted by Gasteiger charge is -2.21. The smallest absolute Gasteiger partial charge is 0.436 e. The number of aromatic carboxylic acids is 1. The molecule has 0 bridgehead atoms. The van der Waals surface area contributed by atoms with Crippen LogP contribution >= 0.6 is 22.6 Å². The van der Waals surface area contributed by atoms with Crippen molar-refractivity contribution < 1.29 is 41.0 Å². The van der Waals surface area contributed by atoms with Crippen LogP contribution in [0, 0.1) is 3.57 Å². The van der Waals surface area contributed by atoms with Gasteiger partial charge in [-0.1, -0.05) is 12.1 Å². The number of anilines is 1. The second-order valence-electron chi connectivity index (χ2n) is 8.66. The van der Waals surface area contributed by atoms with Gasteiger partial charge in [0.25, 0.3) is 5.91 Å². The average Bonchev–Trinajstić information content (AvgIpc) is 3.38. The van der Waals surface area contributed by atoms with E-state index < -0.39 is 47.1 Å². The highest BCUT2D eigenvalue weighted by Gasteiger charge is 2.44. The molecule has 1 aliphatic heterocycles. The monoisotopic (exact) mass is 652 g/mol. The van der Waals surface area contributed by atoms with Crippen LogP contribution in [0.2, 0.25) is 0 Å². The largest absolute Gasteiger partial charge is 0.478 e. The first-order chi connectivity index (χ1) is 17.6. The SMILES string of the molecule is C[C@H](NC(=O)c1c(C(F)(F)F)nn2c1N(Cc1cc(I)cc(C(F)(F)F)c1)CC2)c1ccc(C(=O)O)cc1. The average molecular weight is 652 g/mol. The maximum Gasteiger partial charge on any atom is 0.436 e. The molecule has 2 heterocycles. The van der Waals surface area contributed by atoms with Gasteiger partial charge in [0, 0.05) is 16.7 Å². The Hall–Kier alpha value is -3.30. The molecule has 7 nitrogen and oxygen atoms in total. The molecule has 1 atom stereocenters. The van der Waals surface area contributed by atoms with Crippen LogP contribution < -0.4 is 10.2 Å². The Bertz CT molecular complexity index is 1390. The van der Waals surface area contributed by atoms with E-state index in [0.29, 0.717) is 9.13 Å². The number of carbonyl (C=O) groups is 2. The fourth-order valence-electron chi connectivity index (χ4n) is 4.21. The summed E-state index contributed by atoms with van der Waals surface area (Å²) < 4.78 is 82.8. The Morgan fingerprint density at radius 1 is 1.05 bits per heavy atom. The number of carbonyl (C=O) groups excluding carboxylic acids is 1. The third kappa shape index (κ3) is 5.73. The van der Waals surface area contributed by atoms with Gasteiger partial charge in [0.15, 0.2) is 5.69 Å². The molecule has 38 heavy (non-hydrogen) atoms. The van der Waals surface area contributed by atoms with Gasteiger partial charge in [-0.2, -0.15) is 31.4 Å². The number of fused-ring (bicyclic) bond motifs is 1. The molecule has 0 spiro atoms. The summed E-state index contributed by atoms with van der Waals surface area (Å²) in [6.45, 7) is 1.50. The van der Waals surface area contributed by atoms with Crippen molar-refractivity contribution in [2.45, 2.75) is 38.4 Å². The topological polar surface area (TPSA) is 87.5 Å². The number of hydrogen-bond donors (Lipinski definition) is 2. The van der Waals surface area contributed by atoms with E-state index in [4.69, 9.17) is 5.11 Å². The van der Waals surface area contributed by atoms with Gasteiger partial charge in [-0.25, -0.2) is 9.48 Å². The number of carboxylic acids is 1. The molecule has 0 saturated carbocycles. The van der Waals surface area contributed by atoms with E-state index in [9.17, 15) is 35.9 Å². The van der Waals surface area contributed by atoms with Crippen LogP contribution in [0.1, 0.15) is 56.1 Å². The van der Waals surface area contributed by atoms with E-state index >= 15 is 0 Å².